The molecule has 25 heavy (non-hydrogen) atoms. The van der Waals surface area contributed by atoms with Gasteiger partial charge in [-0.1, -0.05) is 59.7 Å². The summed E-state index contributed by atoms with van der Waals surface area (Å²) in [6.07, 6.45) is 5.25. The molecule has 0 aliphatic carbocycles. The smallest absolute Gasteiger partial charge is 0.243 e. The standard InChI is InChI=1S/C20H19N3OS/c1-3-12-21-13-18(24)23(14-16-9-5-4-6-10-16)20-22-19-15(2)8-7-11-17(19)25-20/h1,4-11,21H,12-14H2,2H3. The minimum absolute atomic E-state index is 0.0455. The maximum atomic E-state index is 12.7. The maximum Gasteiger partial charge on any atom is 0.243 e. The summed E-state index contributed by atoms with van der Waals surface area (Å²) in [5, 5.41) is 3.67. The van der Waals surface area contributed by atoms with Gasteiger partial charge >= 0.3 is 0 Å². The molecule has 0 atom stereocenters. The molecule has 3 aromatic rings. The first-order valence-corrected chi connectivity index (χ1v) is 8.85. The second kappa shape index (κ2) is 7.93. The minimum atomic E-state index is -0.0455. The van der Waals surface area contributed by atoms with Gasteiger partial charge in [-0.2, -0.15) is 0 Å². The van der Waals surface area contributed by atoms with Crippen molar-refractivity contribution in [1.29, 1.82) is 0 Å². The molecule has 0 spiro atoms. The number of rotatable bonds is 6. The lowest BCUT2D eigenvalue weighted by atomic mass is 10.2. The van der Waals surface area contributed by atoms with Gasteiger partial charge in [0.25, 0.3) is 0 Å². The van der Waals surface area contributed by atoms with Gasteiger partial charge in [0.15, 0.2) is 5.13 Å². The number of benzene rings is 2. The lowest BCUT2D eigenvalue weighted by molar-refractivity contribution is -0.117. The molecule has 1 amide bonds. The molecule has 4 nitrogen and oxygen atoms in total. The van der Waals surface area contributed by atoms with Crippen LogP contribution in [-0.2, 0) is 11.3 Å². The quantitative estimate of drug-likeness (QED) is 0.548. The highest BCUT2D eigenvalue weighted by molar-refractivity contribution is 7.22. The molecule has 2 aromatic carbocycles. The van der Waals surface area contributed by atoms with E-state index in [9.17, 15) is 4.79 Å². The number of amides is 1. The molecular formula is C20H19N3OS. The second-order valence-electron chi connectivity index (χ2n) is 5.69. The zero-order valence-corrected chi connectivity index (χ0v) is 14.8. The summed E-state index contributed by atoms with van der Waals surface area (Å²) < 4.78 is 1.08. The van der Waals surface area contributed by atoms with Crippen LogP contribution in [0.4, 0.5) is 5.13 Å². The number of aromatic nitrogens is 1. The monoisotopic (exact) mass is 349 g/mol. The summed E-state index contributed by atoms with van der Waals surface area (Å²) in [5.74, 6) is 2.44. The van der Waals surface area contributed by atoms with Crippen molar-refractivity contribution in [2.45, 2.75) is 13.5 Å². The highest BCUT2D eigenvalue weighted by atomic mass is 32.1. The number of para-hydroxylation sites is 1. The first-order chi connectivity index (χ1) is 12.2. The van der Waals surface area contributed by atoms with Crippen LogP contribution in [0.5, 0.6) is 0 Å². The molecule has 0 aliphatic heterocycles. The van der Waals surface area contributed by atoms with E-state index in [2.05, 4.69) is 11.2 Å². The zero-order chi connectivity index (χ0) is 17.6. The number of carbonyl (C=O) groups excluding carboxylic acids is 1. The van der Waals surface area contributed by atoms with E-state index < -0.39 is 0 Å². The predicted molar refractivity (Wildman–Crippen MR) is 104 cm³/mol. The van der Waals surface area contributed by atoms with Gasteiger partial charge in [-0.25, -0.2) is 4.98 Å². The van der Waals surface area contributed by atoms with E-state index in [-0.39, 0.29) is 12.5 Å². The van der Waals surface area contributed by atoms with Crippen LogP contribution >= 0.6 is 11.3 Å². The average molecular weight is 349 g/mol. The number of hydrogen-bond donors (Lipinski definition) is 1. The Balaban J connectivity index is 1.92. The summed E-state index contributed by atoms with van der Waals surface area (Å²) in [6, 6.07) is 16.0. The van der Waals surface area contributed by atoms with Crippen LogP contribution in [0, 0.1) is 19.3 Å². The highest BCUT2D eigenvalue weighted by Crippen LogP contribution is 2.31. The molecule has 0 fully saturated rings. The summed E-state index contributed by atoms with van der Waals surface area (Å²) in [5.41, 5.74) is 3.12. The molecule has 3 rings (SSSR count). The van der Waals surface area contributed by atoms with E-state index in [0.29, 0.717) is 18.2 Å². The number of fused-ring (bicyclic) bond motifs is 1. The van der Waals surface area contributed by atoms with E-state index in [1.165, 1.54) is 11.3 Å². The van der Waals surface area contributed by atoms with Crippen molar-refractivity contribution in [3.8, 4) is 12.3 Å². The van der Waals surface area contributed by atoms with Gasteiger partial charge in [-0.15, -0.1) is 6.42 Å². The topological polar surface area (TPSA) is 45.2 Å². The molecule has 0 bridgehead atoms. The maximum absolute atomic E-state index is 12.7. The molecule has 5 heteroatoms. The number of nitrogens with one attached hydrogen (secondary N) is 1. The van der Waals surface area contributed by atoms with E-state index in [1.54, 1.807) is 4.90 Å². The molecule has 0 saturated heterocycles. The van der Waals surface area contributed by atoms with Crippen molar-refractivity contribution < 1.29 is 4.79 Å². The lowest BCUT2D eigenvalue weighted by Gasteiger charge is -2.20. The van der Waals surface area contributed by atoms with Gasteiger partial charge in [-0.3, -0.25) is 15.0 Å². The normalized spacial score (nSPS) is 10.6. The van der Waals surface area contributed by atoms with E-state index in [4.69, 9.17) is 11.4 Å². The minimum Gasteiger partial charge on any atom is -0.298 e. The van der Waals surface area contributed by atoms with Gasteiger partial charge < -0.3 is 0 Å². The Kier molecular flexibility index (Phi) is 5.44. The van der Waals surface area contributed by atoms with Crippen molar-refractivity contribution in [3.63, 3.8) is 0 Å². The van der Waals surface area contributed by atoms with E-state index >= 15 is 0 Å². The Morgan fingerprint density at radius 2 is 2.04 bits per heavy atom. The van der Waals surface area contributed by atoms with Crippen LogP contribution < -0.4 is 10.2 Å². The summed E-state index contributed by atoms with van der Waals surface area (Å²) in [4.78, 5) is 19.2. The SMILES string of the molecule is C#CCNCC(=O)N(Cc1ccccc1)c1nc2c(C)cccc2s1. The fourth-order valence-corrected chi connectivity index (χ4v) is 3.62. The third kappa shape index (κ3) is 4.05. The predicted octanol–water partition coefficient (Wildman–Crippen LogP) is 3.36. The van der Waals surface area contributed by atoms with E-state index in [0.717, 1.165) is 21.3 Å². The van der Waals surface area contributed by atoms with E-state index in [1.807, 2.05) is 55.5 Å². The molecule has 1 N–H and O–H groups in total. The van der Waals surface area contributed by atoms with Crippen molar-refractivity contribution >= 4 is 32.6 Å². The van der Waals surface area contributed by atoms with Crippen molar-refractivity contribution in [2.24, 2.45) is 0 Å². The molecule has 0 aliphatic rings. The Labute approximate surface area is 151 Å². The van der Waals surface area contributed by atoms with Crippen LogP contribution in [0.25, 0.3) is 10.2 Å². The largest absolute Gasteiger partial charge is 0.298 e. The molecule has 1 aromatic heterocycles. The number of carbonyl (C=O) groups is 1. The van der Waals surface area contributed by atoms with Gasteiger partial charge in [0.2, 0.25) is 5.91 Å². The van der Waals surface area contributed by atoms with Gasteiger partial charge in [0.1, 0.15) is 0 Å². The van der Waals surface area contributed by atoms with Crippen LogP contribution in [0.2, 0.25) is 0 Å². The average Bonchev–Trinajstić information content (AvgIpc) is 3.06. The van der Waals surface area contributed by atoms with Crippen LogP contribution in [0.15, 0.2) is 48.5 Å². The number of hydrogen-bond acceptors (Lipinski definition) is 4. The first kappa shape index (κ1) is 17.2. The van der Waals surface area contributed by atoms with Crippen LogP contribution in [0.3, 0.4) is 0 Å². The van der Waals surface area contributed by atoms with Gasteiger partial charge in [-0.05, 0) is 24.1 Å². The van der Waals surface area contributed by atoms with Crippen molar-refractivity contribution in [2.75, 3.05) is 18.0 Å². The number of aryl methyl sites for hydroxylation is 1. The van der Waals surface area contributed by atoms with Gasteiger partial charge in [0, 0.05) is 0 Å². The molecular weight excluding hydrogens is 330 g/mol. The number of anilines is 1. The third-order valence-electron chi connectivity index (χ3n) is 3.83. The number of nitrogens with zero attached hydrogens (tertiary/aromatic N) is 2. The molecule has 126 valence electrons. The Bertz CT molecular complexity index is 912. The Morgan fingerprint density at radius 3 is 2.76 bits per heavy atom. The van der Waals surface area contributed by atoms with Crippen molar-refractivity contribution in [3.05, 3.63) is 59.7 Å². The third-order valence-corrected chi connectivity index (χ3v) is 4.87. The van der Waals surface area contributed by atoms with Gasteiger partial charge in [0.05, 0.1) is 29.9 Å². The zero-order valence-electron chi connectivity index (χ0n) is 14.0. The Morgan fingerprint density at radius 1 is 1.24 bits per heavy atom. The number of thiazole rings is 1. The van der Waals surface area contributed by atoms with Crippen molar-refractivity contribution in [1.82, 2.24) is 10.3 Å². The fraction of sp³-hybridized carbons (Fsp3) is 0.200. The fourth-order valence-electron chi connectivity index (χ4n) is 2.56. The summed E-state index contributed by atoms with van der Waals surface area (Å²) >= 11 is 1.53. The summed E-state index contributed by atoms with van der Waals surface area (Å²) in [6.45, 7) is 3.07. The molecule has 0 saturated carbocycles. The number of terminal acetylenes is 1. The summed E-state index contributed by atoms with van der Waals surface area (Å²) in [7, 11) is 0. The molecule has 0 radical (unpaired) electrons. The van der Waals surface area contributed by atoms with Crippen LogP contribution in [0.1, 0.15) is 11.1 Å². The lowest BCUT2D eigenvalue weighted by Crippen LogP contribution is -2.38. The Hall–Kier alpha value is -2.68. The second-order valence-corrected chi connectivity index (χ2v) is 6.70. The van der Waals surface area contributed by atoms with Crippen LogP contribution in [-0.4, -0.2) is 24.0 Å². The first-order valence-electron chi connectivity index (χ1n) is 8.03. The molecule has 0 unspecified atom stereocenters. The molecule has 1 heterocycles. The highest BCUT2D eigenvalue weighted by Gasteiger charge is 2.20.